The van der Waals surface area contributed by atoms with E-state index in [0.29, 0.717) is 34.8 Å². The number of pyridine rings is 3. The van der Waals surface area contributed by atoms with Crippen LogP contribution in [0.5, 0.6) is 0 Å². The van der Waals surface area contributed by atoms with Crippen molar-refractivity contribution in [1.29, 1.82) is 0 Å². The smallest absolute Gasteiger partial charge is 0.224 e. The number of aryl methyl sites for hydroxylation is 1. The summed E-state index contributed by atoms with van der Waals surface area (Å²) >= 11 is 0. The molecule has 5 heterocycles. The molecule has 5 aromatic heterocycles. The number of carbonyl (C=O) groups is 1. The van der Waals surface area contributed by atoms with Crippen LogP contribution in [0.15, 0.2) is 67.1 Å². The van der Waals surface area contributed by atoms with Gasteiger partial charge in [0.15, 0.2) is 11.5 Å². The Hall–Kier alpha value is -4.92. The second kappa shape index (κ2) is 9.27. The fourth-order valence-electron chi connectivity index (χ4n) is 4.37. The molecule has 0 fully saturated rings. The van der Waals surface area contributed by atoms with Gasteiger partial charge < -0.3 is 10.3 Å². The number of imidazole rings is 1. The molecule has 1 amide bonds. The van der Waals surface area contributed by atoms with E-state index in [1.165, 1.54) is 0 Å². The summed E-state index contributed by atoms with van der Waals surface area (Å²) in [5.41, 5.74) is 8.85. The maximum Gasteiger partial charge on any atom is 0.224 e. The Kier molecular flexibility index (Phi) is 5.65. The van der Waals surface area contributed by atoms with Gasteiger partial charge >= 0.3 is 0 Å². The van der Waals surface area contributed by atoms with Gasteiger partial charge in [-0.1, -0.05) is 30.7 Å². The molecule has 3 N–H and O–H groups in total. The first-order chi connectivity index (χ1) is 18.1. The summed E-state index contributed by atoms with van der Waals surface area (Å²) in [4.78, 5) is 34.1. The molecule has 6 aromatic rings. The Bertz CT molecular complexity index is 1770. The molecule has 0 aliphatic carbocycles. The highest BCUT2D eigenvalue weighted by Crippen LogP contribution is 2.31. The van der Waals surface area contributed by atoms with Crippen LogP contribution in [-0.2, 0) is 4.79 Å². The third-order valence-electron chi connectivity index (χ3n) is 6.12. The first-order valence-corrected chi connectivity index (χ1v) is 12.1. The predicted molar refractivity (Wildman–Crippen MR) is 144 cm³/mol. The summed E-state index contributed by atoms with van der Waals surface area (Å²) in [6, 6.07) is 15.8. The number of aromatic amines is 2. The number of nitrogens with zero attached hydrogens (tertiary/aromatic N) is 5. The fraction of sp³-hybridized carbons (Fsp3) is 0.143. The number of benzene rings is 1. The second-order valence-corrected chi connectivity index (χ2v) is 8.94. The van der Waals surface area contributed by atoms with Gasteiger partial charge in [0, 0.05) is 29.9 Å². The highest BCUT2D eigenvalue weighted by molar-refractivity contribution is 5.95. The van der Waals surface area contributed by atoms with Gasteiger partial charge in [0.2, 0.25) is 5.91 Å². The Morgan fingerprint density at radius 1 is 0.946 bits per heavy atom. The largest absolute Gasteiger partial charge is 0.336 e. The molecule has 37 heavy (non-hydrogen) atoms. The van der Waals surface area contributed by atoms with Crippen LogP contribution in [0.2, 0.25) is 0 Å². The maximum atomic E-state index is 12.0. The van der Waals surface area contributed by atoms with Crippen LogP contribution in [0.25, 0.3) is 56.1 Å². The number of hydrogen-bond acceptors (Lipinski definition) is 6. The first-order valence-electron chi connectivity index (χ1n) is 12.1. The Morgan fingerprint density at radius 3 is 2.70 bits per heavy atom. The first kappa shape index (κ1) is 22.5. The topological polar surface area (TPSA) is 125 Å². The summed E-state index contributed by atoms with van der Waals surface area (Å²) in [6.07, 6.45) is 6.38. The van der Waals surface area contributed by atoms with E-state index in [1.807, 2.05) is 43.3 Å². The summed E-state index contributed by atoms with van der Waals surface area (Å²) in [5, 5.41) is 10.5. The van der Waals surface area contributed by atoms with Crippen molar-refractivity contribution in [1.82, 2.24) is 35.1 Å². The van der Waals surface area contributed by atoms with E-state index in [0.717, 1.165) is 45.4 Å². The van der Waals surface area contributed by atoms with Gasteiger partial charge in [-0.15, -0.1) is 0 Å². The third-order valence-corrected chi connectivity index (χ3v) is 6.12. The van der Waals surface area contributed by atoms with Crippen molar-refractivity contribution in [2.24, 2.45) is 0 Å². The highest BCUT2D eigenvalue weighted by atomic mass is 16.1. The Balaban J connectivity index is 1.40. The average molecular weight is 489 g/mol. The normalized spacial score (nSPS) is 11.3. The van der Waals surface area contributed by atoms with Crippen LogP contribution in [0.4, 0.5) is 5.69 Å². The standard InChI is InChI=1S/C28H24N8O/c1-3-5-23(37)31-19-13-18(14-29-15-19)20-8-9-22-26(32-20)27(36-35-22)28-33-21-10-11-30-24(25(21)34-28)17-7-4-6-16(2)12-17/h4,6-15H,3,5H2,1-2H3,(H,31,37)(H,33,34)(H,35,36). The zero-order valence-electron chi connectivity index (χ0n) is 20.4. The molecule has 0 atom stereocenters. The lowest BCUT2D eigenvalue weighted by Crippen LogP contribution is -2.10. The van der Waals surface area contributed by atoms with Crippen LogP contribution >= 0.6 is 0 Å². The van der Waals surface area contributed by atoms with Gasteiger partial charge in [-0.25, -0.2) is 9.97 Å². The monoisotopic (exact) mass is 488 g/mol. The van der Waals surface area contributed by atoms with Crippen molar-refractivity contribution in [2.45, 2.75) is 26.7 Å². The van der Waals surface area contributed by atoms with E-state index in [2.05, 4.69) is 49.5 Å². The van der Waals surface area contributed by atoms with Gasteiger partial charge in [0.1, 0.15) is 11.0 Å². The number of amides is 1. The summed E-state index contributed by atoms with van der Waals surface area (Å²) < 4.78 is 0. The average Bonchev–Trinajstić information content (AvgIpc) is 3.52. The predicted octanol–water partition coefficient (Wildman–Crippen LogP) is 5.67. The van der Waals surface area contributed by atoms with Gasteiger partial charge in [0.05, 0.1) is 34.3 Å². The quantitative estimate of drug-likeness (QED) is 0.277. The minimum Gasteiger partial charge on any atom is -0.336 e. The third kappa shape index (κ3) is 4.31. The lowest BCUT2D eigenvalue weighted by atomic mass is 10.1. The molecule has 1 aromatic carbocycles. The molecule has 0 saturated heterocycles. The number of fused-ring (bicyclic) bond motifs is 2. The number of aromatic nitrogens is 7. The SMILES string of the molecule is CCCC(=O)Nc1cncc(-c2ccc3[nH]nc(-c4nc5c(-c6cccc(C)c6)nccc5[nH]4)c3n2)c1. The number of H-pyrrole nitrogens is 2. The van der Waals surface area contributed by atoms with Crippen molar-refractivity contribution in [2.75, 3.05) is 5.32 Å². The van der Waals surface area contributed by atoms with Gasteiger partial charge in [-0.3, -0.25) is 19.9 Å². The van der Waals surface area contributed by atoms with Crippen LogP contribution in [0.1, 0.15) is 25.3 Å². The number of hydrogen-bond donors (Lipinski definition) is 3. The highest BCUT2D eigenvalue weighted by Gasteiger charge is 2.17. The zero-order valence-corrected chi connectivity index (χ0v) is 20.4. The minimum atomic E-state index is -0.0357. The molecule has 0 unspecified atom stereocenters. The number of nitrogens with one attached hydrogen (secondary N) is 3. The van der Waals surface area contributed by atoms with E-state index in [9.17, 15) is 4.79 Å². The molecule has 0 aliphatic rings. The Labute approximate surface area is 212 Å². The summed E-state index contributed by atoms with van der Waals surface area (Å²) in [5.74, 6) is 0.567. The fourth-order valence-corrected chi connectivity index (χ4v) is 4.37. The zero-order chi connectivity index (χ0) is 25.4. The van der Waals surface area contributed by atoms with E-state index in [4.69, 9.17) is 9.97 Å². The molecule has 0 bridgehead atoms. The van der Waals surface area contributed by atoms with E-state index >= 15 is 0 Å². The van der Waals surface area contributed by atoms with Gasteiger partial charge in [-0.2, -0.15) is 5.10 Å². The van der Waals surface area contributed by atoms with Crippen molar-refractivity contribution in [3.8, 4) is 34.0 Å². The minimum absolute atomic E-state index is 0.0357. The molecular formula is C28H24N8O. The van der Waals surface area contributed by atoms with Crippen LogP contribution < -0.4 is 5.32 Å². The molecule has 0 spiro atoms. The van der Waals surface area contributed by atoms with Crippen LogP contribution in [0.3, 0.4) is 0 Å². The molecule has 9 nitrogen and oxygen atoms in total. The van der Waals surface area contributed by atoms with Crippen molar-refractivity contribution >= 4 is 33.7 Å². The maximum absolute atomic E-state index is 12.0. The summed E-state index contributed by atoms with van der Waals surface area (Å²) in [6.45, 7) is 4.03. The molecule has 6 rings (SSSR count). The molecule has 0 radical (unpaired) electrons. The Morgan fingerprint density at radius 2 is 1.84 bits per heavy atom. The molecular weight excluding hydrogens is 464 g/mol. The van der Waals surface area contributed by atoms with Crippen molar-refractivity contribution < 1.29 is 4.79 Å². The van der Waals surface area contributed by atoms with E-state index < -0.39 is 0 Å². The molecule has 9 heteroatoms. The number of carbonyl (C=O) groups excluding carboxylic acids is 1. The van der Waals surface area contributed by atoms with Gasteiger partial charge in [0.25, 0.3) is 0 Å². The van der Waals surface area contributed by atoms with Crippen molar-refractivity contribution in [3.05, 3.63) is 72.7 Å². The summed E-state index contributed by atoms with van der Waals surface area (Å²) in [7, 11) is 0. The lowest BCUT2D eigenvalue weighted by molar-refractivity contribution is -0.116. The van der Waals surface area contributed by atoms with Crippen LogP contribution in [0, 0.1) is 6.92 Å². The second-order valence-electron chi connectivity index (χ2n) is 8.94. The van der Waals surface area contributed by atoms with E-state index in [-0.39, 0.29) is 5.91 Å². The number of rotatable bonds is 6. The van der Waals surface area contributed by atoms with Gasteiger partial charge in [-0.05, 0) is 43.7 Å². The number of anilines is 1. The molecule has 0 aliphatic heterocycles. The molecule has 182 valence electrons. The van der Waals surface area contributed by atoms with Crippen molar-refractivity contribution in [3.63, 3.8) is 0 Å². The van der Waals surface area contributed by atoms with E-state index in [1.54, 1.807) is 18.6 Å². The lowest BCUT2D eigenvalue weighted by Gasteiger charge is -2.06. The van der Waals surface area contributed by atoms with Crippen LogP contribution in [-0.4, -0.2) is 41.0 Å². The molecule has 0 saturated carbocycles.